The smallest absolute Gasteiger partial charge is 0.0701 e. The van der Waals surface area contributed by atoms with E-state index in [1.54, 1.807) is 0 Å². The number of nitrogens with zero attached hydrogens (tertiary/aromatic N) is 1. The highest BCUT2D eigenvalue weighted by atomic mass is 35.5. The molecule has 0 aromatic carbocycles. The summed E-state index contributed by atoms with van der Waals surface area (Å²) >= 11 is 5.76. The van der Waals surface area contributed by atoms with E-state index in [-0.39, 0.29) is 0 Å². The average molecular weight is 310 g/mol. The van der Waals surface area contributed by atoms with Gasteiger partial charge in [-0.1, -0.05) is 20.3 Å². The summed E-state index contributed by atoms with van der Waals surface area (Å²) in [5, 5.41) is 0. The van der Waals surface area contributed by atoms with Crippen LogP contribution in [0.4, 0.5) is 0 Å². The predicted octanol–water partition coefficient (Wildman–Crippen LogP) is 2.79. The van der Waals surface area contributed by atoms with E-state index in [1.807, 2.05) is 0 Å². The van der Waals surface area contributed by atoms with Gasteiger partial charge in [0.15, 0.2) is 0 Å². The number of halogens is 1. The zero-order valence-electron chi connectivity index (χ0n) is 13.2. The van der Waals surface area contributed by atoms with Crippen molar-refractivity contribution < 1.29 is 14.2 Å². The van der Waals surface area contributed by atoms with E-state index in [2.05, 4.69) is 18.7 Å². The van der Waals surface area contributed by atoms with Crippen molar-refractivity contribution in [1.29, 1.82) is 0 Å². The number of hydrogen-bond donors (Lipinski definition) is 0. The molecule has 0 heterocycles. The second-order valence-corrected chi connectivity index (χ2v) is 5.10. The molecule has 0 saturated carbocycles. The largest absolute Gasteiger partial charge is 0.379 e. The van der Waals surface area contributed by atoms with Gasteiger partial charge in [-0.05, 0) is 19.4 Å². The Bertz CT molecular complexity index is 179. The van der Waals surface area contributed by atoms with Crippen LogP contribution in [0, 0.1) is 0 Å². The van der Waals surface area contributed by atoms with Crippen molar-refractivity contribution in [1.82, 2.24) is 4.90 Å². The SMILES string of the molecule is CCCCOCCOCCOCCN(CCC)CCCl. The molecule has 0 amide bonds. The van der Waals surface area contributed by atoms with Gasteiger partial charge in [0.25, 0.3) is 0 Å². The van der Waals surface area contributed by atoms with Gasteiger partial charge < -0.3 is 14.2 Å². The lowest BCUT2D eigenvalue weighted by Gasteiger charge is -2.20. The molecular formula is C15H32ClNO3. The highest BCUT2D eigenvalue weighted by molar-refractivity contribution is 6.18. The maximum Gasteiger partial charge on any atom is 0.0701 e. The fourth-order valence-corrected chi connectivity index (χ4v) is 1.99. The van der Waals surface area contributed by atoms with Crippen molar-refractivity contribution in [2.45, 2.75) is 33.1 Å². The number of ether oxygens (including phenoxy) is 3. The van der Waals surface area contributed by atoms with Crippen LogP contribution in [0.2, 0.25) is 0 Å². The first kappa shape index (κ1) is 20.1. The summed E-state index contributed by atoms with van der Waals surface area (Å²) < 4.78 is 16.4. The Kier molecular flexibility index (Phi) is 17.3. The van der Waals surface area contributed by atoms with Gasteiger partial charge in [-0.3, -0.25) is 4.90 Å². The molecule has 20 heavy (non-hydrogen) atoms. The quantitative estimate of drug-likeness (QED) is 0.324. The number of hydrogen-bond acceptors (Lipinski definition) is 4. The van der Waals surface area contributed by atoms with Crippen LogP contribution in [0.3, 0.4) is 0 Å². The van der Waals surface area contributed by atoms with Crippen LogP contribution < -0.4 is 0 Å². The molecular weight excluding hydrogens is 278 g/mol. The van der Waals surface area contributed by atoms with E-state index < -0.39 is 0 Å². The first-order valence-electron chi connectivity index (χ1n) is 7.86. The van der Waals surface area contributed by atoms with E-state index in [4.69, 9.17) is 25.8 Å². The molecule has 0 aliphatic rings. The molecule has 0 aromatic rings. The third-order valence-electron chi connectivity index (χ3n) is 2.88. The van der Waals surface area contributed by atoms with Gasteiger partial charge in [0.1, 0.15) is 0 Å². The average Bonchev–Trinajstić information content (AvgIpc) is 2.45. The lowest BCUT2D eigenvalue weighted by Crippen LogP contribution is -2.30. The minimum atomic E-state index is 0.639. The summed E-state index contributed by atoms with van der Waals surface area (Å²) in [6, 6.07) is 0. The van der Waals surface area contributed by atoms with Crippen molar-refractivity contribution in [3.05, 3.63) is 0 Å². The summed E-state index contributed by atoms with van der Waals surface area (Å²) in [5.74, 6) is 0.682. The molecule has 0 fully saturated rings. The molecule has 0 radical (unpaired) electrons. The van der Waals surface area contributed by atoms with Crippen LogP contribution in [-0.4, -0.2) is 70.1 Å². The van der Waals surface area contributed by atoms with E-state index in [0.29, 0.717) is 32.3 Å². The van der Waals surface area contributed by atoms with Crippen LogP contribution in [0.5, 0.6) is 0 Å². The number of unbranched alkanes of at least 4 members (excludes halogenated alkanes) is 1. The Balaban J connectivity index is 3.18. The lowest BCUT2D eigenvalue weighted by molar-refractivity contribution is 0.0104. The first-order chi connectivity index (χ1) is 9.85. The Morgan fingerprint density at radius 2 is 1.30 bits per heavy atom. The molecule has 0 saturated heterocycles. The molecule has 0 atom stereocenters. The molecule has 0 unspecified atom stereocenters. The summed E-state index contributed by atoms with van der Waals surface area (Å²) in [6.45, 7) is 11.5. The molecule has 0 aromatic heterocycles. The molecule has 0 spiro atoms. The molecule has 0 N–H and O–H groups in total. The third-order valence-corrected chi connectivity index (χ3v) is 3.05. The van der Waals surface area contributed by atoms with Gasteiger partial charge >= 0.3 is 0 Å². The highest BCUT2D eigenvalue weighted by Gasteiger charge is 2.02. The molecule has 122 valence electrons. The Morgan fingerprint density at radius 3 is 1.85 bits per heavy atom. The van der Waals surface area contributed by atoms with E-state index in [0.717, 1.165) is 45.7 Å². The van der Waals surface area contributed by atoms with E-state index in [1.165, 1.54) is 6.42 Å². The first-order valence-corrected chi connectivity index (χ1v) is 8.40. The van der Waals surface area contributed by atoms with Crippen molar-refractivity contribution in [3.8, 4) is 0 Å². The molecule has 0 rings (SSSR count). The number of rotatable bonds is 16. The molecule has 0 aliphatic carbocycles. The minimum Gasteiger partial charge on any atom is -0.379 e. The Morgan fingerprint density at radius 1 is 0.700 bits per heavy atom. The fourth-order valence-electron chi connectivity index (χ4n) is 1.75. The maximum atomic E-state index is 5.76. The summed E-state index contributed by atoms with van der Waals surface area (Å²) in [7, 11) is 0. The summed E-state index contributed by atoms with van der Waals surface area (Å²) in [4.78, 5) is 2.33. The van der Waals surface area contributed by atoms with Gasteiger partial charge in [0, 0.05) is 25.6 Å². The van der Waals surface area contributed by atoms with Gasteiger partial charge in [0.2, 0.25) is 0 Å². The second-order valence-electron chi connectivity index (χ2n) is 4.72. The molecule has 5 heteroatoms. The predicted molar refractivity (Wildman–Crippen MR) is 84.8 cm³/mol. The van der Waals surface area contributed by atoms with Crippen LogP contribution in [0.15, 0.2) is 0 Å². The topological polar surface area (TPSA) is 30.9 Å². The molecule has 4 nitrogen and oxygen atoms in total. The van der Waals surface area contributed by atoms with Gasteiger partial charge in [-0.2, -0.15) is 0 Å². The summed E-state index contributed by atoms with van der Waals surface area (Å²) in [5.41, 5.74) is 0. The zero-order valence-corrected chi connectivity index (χ0v) is 14.0. The molecule has 0 aliphatic heterocycles. The Labute approximate surface area is 129 Å². The highest BCUT2D eigenvalue weighted by Crippen LogP contribution is 1.93. The normalized spacial score (nSPS) is 11.4. The van der Waals surface area contributed by atoms with E-state index >= 15 is 0 Å². The third kappa shape index (κ3) is 14.5. The van der Waals surface area contributed by atoms with Crippen molar-refractivity contribution >= 4 is 11.6 Å². The van der Waals surface area contributed by atoms with Gasteiger partial charge in [-0.15, -0.1) is 11.6 Å². The van der Waals surface area contributed by atoms with E-state index in [9.17, 15) is 0 Å². The number of alkyl halides is 1. The van der Waals surface area contributed by atoms with Crippen LogP contribution in [0.25, 0.3) is 0 Å². The van der Waals surface area contributed by atoms with Crippen LogP contribution in [-0.2, 0) is 14.2 Å². The van der Waals surface area contributed by atoms with Crippen molar-refractivity contribution in [2.75, 3.05) is 65.2 Å². The Hall–Kier alpha value is 0.130. The fraction of sp³-hybridized carbons (Fsp3) is 1.00. The standard InChI is InChI=1S/C15H32ClNO3/c1-3-5-10-18-12-14-20-15-13-19-11-9-17(7-4-2)8-6-16/h3-15H2,1-2H3. The monoisotopic (exact) mass is 309 g/mol. The molecule has 0 bridgehead atoms. The van der Waals surface area contributed by atoms with Crippen LogP contribution >= 0.6 is 11.6 Å². The van der Waals surface area contributed by atoms with Crippen LogP contribution in [0.1, 0.15) is 33.1 Å². The van der Waals surface area contributed by atoms with Crippen molar-refractivity contribution in [2.24, 2.45) is 0 Å². The second kappa shape index (κ2) is 17.2. The zero-order chi connectivity index (χ0) is 14.9. The maximum absolute atomic E-state index is 5.76. The minimum absolute atomic E-state index is 0.639. The van der Waals surface area contributed by atoms with Crippen molar-refractivity contribution in [3.63, 3.8) is 0 Å². The summed E-state index contributed by atoms with van der Waals surface area (Å²) in [6.07, 6.45) is 3.45. The van der Waals surface area contributed by atoms with Gasteiger partial charge in [-0.25, -0.2) is 0 Å². The van der Waals surface area contributed by atoms with Gasteiger partial charge in [0.05, 0.1) is 33.0 Å². The lowest BCUT2D eigenvalue weighted by atomic mass is 10.4.